The van der Waals surface area contributed by atoms with Crippen LogP contribution in [0.2, 0.25) is 5.02 Å². The molecule has 21 heavy (non-hydrogen) atoms. The van der Waals surface area contributed by atoms with Crippen molar-refractivity contribution in [3.63, 3.8) is 0 Å². The quantitative estimate of drug-likeness (QED) is 0.747. The second-order valence-corrected chi connectivity index (χ2v) is 6.25. The summed E-state index contributed by atoms with van der Waals surface area (Å²) >= 11 is 6.30. The minimum atomic E-state index is 0.136. The van der Waals surface area contributed by atoms with Crippen LogP contribution in [0.1, 0.15) is 38.2 Å². The van der Waals surface area contributed by atoms with E-state index in [0.29, 0.717) is 0 Å². The number of hydrogen-bond donors (Lipinski definition) is 1. The van der Waals surface area contributed by atoms with Crippen LogP contribution in [0, 0.1) is 0 Å². The highest BCUT2D eigenvalue weighted by Crippen LogP contribution is 2.28. The van der Waals surface area contributed by atoms with E-state index >= 15 is 0 Å². The molecule has 118 valence electrons. The molecule has 2 rings (SSSR count). The highest BCUT2D eigenvalue weighted by Gasteiger charge is 2.13. The molecule has 1 aromatic carbocycles. The Kier molecular flexibility index (Phi) is 6.81. The molecule has 0 amide bonds. The van der Waals surface area contributed by atoms with Crippen LogP contribution in [0.4, 0.5) is 0 Å². The first-order valence-corrected chi connectivity index (χ1v) is 8.46. The third kappa shape index (κ3) is 5.17. The van der Waals surface area contributed by atoms with Gasteiger partial charge in [-0.1, -0.05) is 24.6 Å². The van der Waals surface area contributed by atoms with Crippen molar-refractivity contribution in [2.75, 3.05) is 26.2 Å². The van der Waals surface area contributed by atoms with E-state index in [4.69, 9.17) is 22.1 Å². The first kappa shape index (κ1) is 16.6. The molecule has 3 nitrogen and oxygen atoms in total. The Bertz CT molecular complexity index is 433. The molecule has 1 aliphatic heterocycles. The fourth-order valence-corrected chi connectivity index (χ4v) is 3.00. The lowest BCUT2D eigenvalue weighted by Gasteiger charge is -2.17. The van der Waals surface area contributed by atoms with Gasteiger partial charge in [-0.25, -0.2) is 0 Å². The van der Waals surface area contributed by atoms with Crippen LogP contribution < -0.4 is 10.5 Å². The van der Waals surface area contributed by atoms with Crippen molar-refractivity contribution in [3.8, 4) is 5.75 Å². The van der Waals surface area contributed by atoms with E-state index in [1.165, 1.54) is 25.9 Å². The van der Waals surface area contributed by atoms with Crippen LogP contribution in [-0.2, 0) is 6.42 Å². The zero-order valence-corrected chi connectivity index (χ0v) is 13.7. The zero-order chi connectivity index (χ0) is 15.1. The van der Waals surface area contributed by atoms with Crippen molar-refractivity contribution in [2.24, 2.45) is 5.73 Å². The molecule has 1 aliphatic rings. The Hall–Kier alpha value is -0.770. The highest BCUT2D eigenvalue weighted by molar-refractivity contribution is 6.31. The van der Waals surface area contributed by atoms with Crippen molar-refractivity contribution < 1.29 is 4.74 Å². The molecule has 0 bridgehead atoms. The van der Waals surface area contributed by atoms with Crippen LogP contribution in [-0.4, -0.2) is 37.2 Å². The van der Waals surface area contributed by atoms with Gasteiger partial charge in [0.15, 0.2) is 0 Å². The Labute approximate surface area is 133 Å². The predicted molar refractivity (Wildman–Crippen MR) is 89.2 cm³/mol. The summed E-state index contributed by atoms with van der Waals surface area (Å²) in [5.41, 5.74) is 7.11. The molecule has 0 radical (unpaired) electrons. The van der Waals surface area contributed by atoms with Gasteiger partial charge in [0.05, 0.1) is 6.61 Å². The van der Waals surface area contributed by atoms with Crippen molar-refractivity contribution in [2.45, 2.75) is 45.1 Å². The third-order valence-corrected chi connectivity index (χ3v) is 4.50. The molecular weight excluding hydrogens is 284 g/mol. The van der Waals surface area contributed by atoms with Crippen molar-refractivity contribution >= 4 is 11.6 Å². The van der Waals surface area contributed by atoms with Gasteiger partial charge in [0.1, 0.15) is 5.75 Å². The number of benzene rings is 1. The highest BCUT2D eigenvalue weighted by atomic mass is 35.5. The van der Waals surface area contributed by atoms with Gasteiger partial charge in [-0.15, -0.1) is 0 Å². The predicted octanol–water partition coefficient (Wildman–Crippen LogP) is 3.48. The third-order valence-electron chi connectivity index (χ3n) is 4.14. The van der Waals surface area contributed by atoms with Crippen molar-refractivity contribution in [1.82, 2.24) is 4.90 Å². The summed E-state index contributed by atoms with van der Waals surface area (Å²) in [6, 6.07) is 5.99. The average Bonchev–Trinajstić information content (AvgIpc) is 2.99. The maximum atomic E-state index is 6.30. The van der Waals surface area contributed by atoms with E-state index in [0.717, 1.165) is 48.7 Å². The fraction of sp³-hybridized carbons (Fsp3) is 0.647. The molecule has 1 atom stereocenters. The Balaban J connectivity index is 1.84. The average molecular weight is 311 g/mol. The second kappa shape index (κ2) is 8.62. The lowest BCUT2D eigenvalue weighted by Crippen LogP contribution is -2.23. The standard InChI is InChI=1S/C17H27ClN2O/c1-2-14(19)13-15-16(18)7-5-8-17(15)21-12-6-11-20-9-3-4-10-20/h5,7-8,14H,2-4,6,9-13,19H2,1H3. The van der Waals surface area contributed by atoms with E-state index in [-0.39, 0.29) is 6.04 Å². The Morgan fingerprint density at radius 1 is 1.33 bits per heavy atom. The lowest BCUT2D eigenvalue weighted by atomic mass is 10.0. The molecule has 1 fully saturated rings. The largest absolute Gasteiger partial charge is 0.493 e. The molecule has 0 aliphatic carbocycles. The summed E-state index contributed by atoms with van der Waals surface area (Å²) in [6.07, 6.45) is 5.46. The number of halogens is 1. The summed E-state index contributed by atoms with van der Waals surface area (Å²) in [5, 5.41) is 0.760. The van der Waals surface area contributed by atoms with Crippen molar-refractivity contribution in [1.29, 1.82) is 0 Å². The fourth-order valence-electron chi connectivity index (χ4n) is 2.76. The smallest absolute Gasteiger partial charge is 0.124 e. The van der Waals surface area contributed by atoms with Crippen LogP contribution in [0.5, 0.6) is 5.75 Å². The van der Waals surface area contributed by atoms with Crippen LogP contribution in [0.25, 0.3) is 0 Å². The molecule has 1 aromatic rings. The van der Waals surface area contributed by atoms with Gasteiger partial charge >= 0.3 is 0 Å². The minimum Gasteiger partial charge on any atom is -0.493 e. The minimum absolute atomic E-state index is 0.136. The van der Waals surface area contributed by atoms with Gasteiger partial charge in [0.2, 0.25) is 0 Å². The van der Waals surface area contributed by atoms with E-state index < -0.39 is 0 Å². The molecule has 0 saturated carbocycles. The number of ether oxygens (including phenoxy) is 1. The van der Waals surface area contributed by atoms with E-state index in [2.05, 4.69) is 11.8 Å². The number of nitrogens with zero attached hydrogens (tertiary/aromatic N) is 1. The van der Waals surface area contributed by atoms with Gasteiger partial charge in [0, 0.05) is 23.2 Å². The maximum Gasteiger partial charge on any atom is 0.124 e. The summed E-state index contributed by atoms with van der Waals surface area (Å²) in [5.74, 6) is 0.896. The summed E-state index contributed by atoms with van der Waals surface area (Å²) in [7, 11) is 0. The van der Waals surface area contributed by atoms with Gasteiger partial charge in [-0.3, -0.25) is 0 Å². The number of likely N-dealkylation sites (tertiary alicyclic amines) is 1. The summed E-state index contributed by atoms with van der Waals surface area (Å²) < 4.78 is 5.96. The maximum absolute atomic E-state index is 6.30. The SMILES string of the molecule is CCC(N)Cc1c(Cl)cccc1OCCCN1CCCC1. The van der Waals surface area contributed by atoms with Crippen LogP contribution in [0.15, 0.2) is 18.2 Å². The van der Waals surface area contributed by atoms with Crippen LogP contribution >= 0.6 is 11.6 Å². The van der Waals surface area contributed by atoms with E-state index in [1.807, 2.05) is 18.2 Å². The van der Waals surface area contributed by atoms with Crippen molar-refractivity contribution in [3.05, 3.63) is 28.8 Å². The molecule has 0 aromatic heterocycles. The molecule has 1 heterocycles. The first-order valence-electron chi connectivity index (χ1n) is 8.08. The van der Waals surface area contributed by atoms with Gasteiger partial charge in [0.25, 0.3) is 0 Å². The zero-order valence-electron chi connectivity index (χ0n) is 13.0. The number of hydrogen-bond acceptors (Lipinski definition) is 3. The number of nitrogens with two attached hydrogens (primary N) is 1. The first-order chi connectivity index (χ1) is 10.2. The van der Waals surface area contributed by atoms with Gasteiger partial charge < -0.3 is 15.4 Å². The molecule has 0 spiro atoms. The van der Waals surface area contributed by atoms with E-state index in [1.54, 1.807) is 0 Å². The molecular formula is C17H27ClN2O. The van der Waals surface area contributed by atoms with Crippen LogP contribution in [0.3, 0.4) is 0 Å². The molecule has 2 N–H and O–H groups in total. The molecule has 1 unspecified atom stereocenters. The van der Waals surface area contributed by atoms with E-state index in [9.17, 15) is 0 Å². The Morgan fingerprint density at radius 2 is 2.10 bits per heavy atom. The monoisotopic (exact) mass is 310 g/mol. The Morgan fingerprint density at radius 3 is 2.81 bits per heavy atom. The summed E-state index contributed by atoms with van der Waals surface area (Å²) in [6.45, 7) is 6.45. The molecule has 1 saturated heterocycles. The molecule has 4 heteroatoms. The topological polar surface area (TPSA) is 38.5 Å². The summed E-state index contributed by atoms with van der Waals surface area (Å²) in [4.78, 5) is 2.51. The normalized spacial score (nSPS) is 17.1. The second-order valence-electron chi connectivity index (χ2n) is 5.84. The number of rotatable bonds is 8. The van der Waals surface area contributed by atoms with Gasteiger partial charge in [-0.05, 0) is 57.3 Å². The lowest BCUT2D eigenvalue weighted by molar-refractivity contribution is 0.261. The van der Waals surface area contributed by atoms with Gasteiger partial charge in [-0.2, -0.15) is 0 Å².